The summed E-state index contributed by atoms with van der Waals surface area (Å²) in [5, 5.41) is 18.1. The zero-order valence-corrected chi connectivity index (χ0v) is 26.3. The molecule has 10 heteroatoms. The number of ether oxygens (including phenoxy) is 1. The molecule has 0 bridgehead atoms. The molecule has 2 aliphatic heterocycles. The minimum absolute atomic E-state index is 0.0155. The molecule has 1 fully saturated rings. The Balaban J connectivity index is 1.64. The van der Waals surface area contributed by atoms with Gasteiger partial charge in [-0.15, -0.1) is 5.10 Å². The molecule has 1 aromatic carbocycles. The third-order valence-electron chi connectivity index (χ3n) is 8.26. The predicted molar refractivity (Wildman–Crippen MR) is 161 cm³/mol. The van der Waals surface area contributed by atoms with E-state index in [9.17, 15) is 14.7 Å². The molecule has 1 saturated heterocycles. The Hall–Kier alpha value is -2.30. The van der Waals surface area contributed by atoms with Gasteiger partial charge in [0.25, 0.3) is 5.91 Å². The number of hydrogen-bond acceptors (Lipinski definition) is 6. The summed E-state index contributed by atoms with van der Waals surface area (Å²) in [7, 11) is -2.76. The van der Waals surface area contributed by atoms with Crippen LogP contribution in [-0.4, -0.2) is 58.4 Å². The number of allylic oxidation sites excluding steroid dienone is 3. The zero-order valence-electron chi connectivity index (χ0n) is 24.5. The van der Waals surface area contributed by atoms with E-state index >= 15 is 0 Å². The van der Waals surface area contributed by atoms with Gasteiger partial charge >= 0.3 is 0 Å². The number of rotatable bonds is 11. The van der Waals surface area contributed by atoms with Crippen molar-refractivity contribution < 1.29 is 19.4 Å². The van der Waals surface area contributed by atoms with Crippen molar-refractivity contribution in [1.82, 2.24) is 15.0 Å². The predicted octanol–water partition coefficient (Wildman–Crippen LogP) is 5.39. The van der Waals surface area contributed by atoms with E-state index < -0.39 is 13.9 Å². The second kappa shape index (κ2) is 12.3. The molecule has 0 aliphatic carbocycles. The average Bonchev–Trinajstić information content (AvgIpc) is 3.51. The molecule has 2 N–H and O–H groups in total. The highest BCUT2D eigenvalue weighted by Gasteiger charge is 2.66. The van der Waals surface area contributed by atoms with Gasteiger partial charge in [0.2, 0.25) is 0 Å². The van der Waals surface area contributed by atoms with E-state index in [1.165, 1.54) is 11.1 Å². The van der Waals surface area contributed by atoms with Gasteiger partial charge < -0.3 is 19.5 Å². The SMILES string of the molecule is CC(C)=CCC/C(C)=C/CN1C(=O)[C@@]2(O[C@@H](CCn3cc(CCO)nn3)[C@H]([Si](C)(C)O)[C@H]2C)c2cc(Cl)ccc21. The molecular formula is C30H43ClN4O4Si. The number of hydrogen-bond donors (Lipinski definition) is 2. The first-order chi connectivity index (χ1) is 18.9. The van der Waals surface area contributed by atoms with E-state index in [2.05, 4.69) is 43.2 Å². The summed E-state index contributed by atoms with van der Waals surface area (Å²) in [6, 6.07) is 5.59. The number of anilines is 1. The number of aromatic nitrogens is 3. The Bertz CT molecular complexity index is 1280. The van der Waals surface area contributed by atoms with Crippen molar-refractivity contribution in [2.24, 2.45) is 5.92 Å². The molecule has 1 spiro atoms. The maximum Gasteiger partial charge on any atom is 0.264 e. The highest BCUT2D eigenvalue weighted by atomic mass is 35.5. The van der Waals surface area contributed by atoms with Crippen LogP contribution < -0.4 is 4.90 Å². The van der Waals surface area contributed by atoms with Crippen LogP contribution in [0, 0.1) is 5.92 Å². The number of aliphatic hydroxyl groups is 1. The monoisotopic (exact) mass is 586 g/mol. The zero-order chi connectivity index (χ0) is 29.2. The second-order valence-electron chi connectivity index (χ2n) is 12.0. The van der Waals surface area contributed by atoms with Crippen LogP contribution in [0.2, 0.25) is 23.7 Å². The van der Waals surface area contributed by atoms with Gasteiger partial charge in [-0.05, 0) is 71.3 Å². The lowest BCUT2D eigenvalue weighted by molar-refractivity contribution is -0.145. The standard InChI is InChI=1S/C30H43ClN4O4Si/c1-20(2)8-7-9-21(3)12-16-35-26-11-10-23(31)18-25(26)30(29(35)37)22(4)28(40(5,6)38)27(39-30)13-15-34-19-24(14-17-36)32-33-34/h8,10-12,18-19,22,27-28,36,38H,7,9,13-17H2,1-6H3/b21-12+/t22-,27+,28-,30+/m1/s1. The quantitative estimate of drug-likeness (QED) is 0.270. The number of nitrogens with zero attached hydrogens (tertiary/aromatic N) is 4. The van der Waals surface area contributed by atoms with Crippen LogP contribution in [0.25, 0.3) is 0 Å². The molecule has 3 heterocycles. The van der Waals surface area contributed by atoms with Crippen molar-refractivity contribution in [2.45, 2.75) is 90.3 Å². The van der Waals surface area contributed by atoms with Crippen LogP contribution in [-0.2, 0) is 28.1 Å². The molecule has 218 valence electrons. The topological polar surface area (TPSA) is 101 Å². The number of fused-ring (bicyclic) bond motifs is 2. The Kier molecular flexibility index (Phi) is 9.41. The molecule has 2 aromatic rings. The number of halogens is 1. The van der Waals surface area contributed by atoms with E-state index in [4.69, 9.17) is 16.3 Å². The molecule has 1 amide bonds. The molecule has 0 unspecified atom stereocenters. The van der Waals surface area contributed by atoms with Gasteiger partial charge in [-0.1, -0.05) is 47.0 Å². The largest absolute Gasteiger partial charge is 0.432 e. The van der Waals surface area contributed by atoms with Crippen LogP contribution in [0.3, 0.4) is 0 Å². The molecule has 0 saturated carbocycles. The van der Waals surface area contributed by atoms with E-state index in [1.54, 1.807) is 4.68 Å². The maximum absolute atomic E-state index is 14.4. The highest BCUT2D eigenvalue weighted by Crippen LogP contribution is 2.59. The van der Waals surface area contributed by atoms with Gasteiger partial charge in [0.15, 0.2) is 13.9 Å². The molecule has 1 aromatic heterocycles. The van der Waals surface area contributed by atoms with Crippen LogP contribution in [0.5, 0.6) is 0 Å². The first-order valence-electron chi connectivity index (χ1n) is 14.2. The summed E-state index contributed by atoms with van der Waals surface area (Å²) in [6.07, 6.45) is 8.77. The highest BCUT2D eigenvalue weighted by molar-refractivity contribution is 6.71. The van der Waals surface area contributed by atoms with Gasteiger partial charge in [0.05, 0.1) is 17.5 Å². The Labute approximate surface area is 243 Å². The van der Waals surface area contributed by atoms with Crippen LogP contribution in [0.1, 0.15) is 58.2 Å². The van der Waals surface area contributed by atoms with Gasteiger partial charge in [-0.25, -0.2) is 0 Å². The molecule has 8 nitrogen and oxygen atoms in total. The van der Waals surface area contributed by atoms with Crippen molar-refractivity contribution in [2.75, 3.05) is 18.1 Å². The minimum Gasteiger partial charge on any atom is -0.432 e. The molecular weight excluding hydrogens is 544 g/mol. The summed E-state index contributed by atoms with van der Waals surface area (Å²) in [5.41, 5.74) is 3.47. The van der Waals surface area contributed by atoms with E-state index in [0.29, 0.717) is 31.0 Å². The van der Waals surface area contributed by atoms with Gasteiger partial charge in [-0.3, -0.25) is 9.48 Å². The summed E-state index contributed by atoms with van der Waals surface area (Å²) < 4.78 is 8.59. The van der Waals surface area contributed by atoms with E-state index in [-0.39, 0.29) is 30.1 Å². The molecule has 4 rings (SSSR count). The van der Waals surface area contributed by atoms with Crippen LogP contribution >= 0.6 is 11.6 Å². The molecule has 2 aliphatic rings. The lowest BCUT2D eigenvalue weighted by Gasteiger charge is -2.32. The third-order valence-corrected chi connectivity index (χ3v) is 11.0. The van der Waals surface area contributed by atoms with Crippen molar-refractivity contribution >= 4 is 31.5 Å². The van der Waals surface area contributed by atoms with Gasteiger partial charge in [-0.2, -0.15) is 0 Å². The fraction of sp³-hybridized carbons (Fsp3) is 0.567. The Morgan fingerprint density at radius 1 is 1.25 bits per heavy atom. The van der Waals surface area contributed by atoms with Gasteiger partial charge in [0, 0.05) is 54.4 Å². The van der Waals surface area contributed by atoms with E-state index in [1.807, 2.05) is 49.3 Å². The number of carbonyl (C=O) groups is 1. The Morgan fingerprint density at radius 3 is 2.67 bits per heavy atom. The number of amides is 1. The lowest BCUT2D eigenvalue weighted by atomic mass is 9.82. The summed E-state index contributed by atoms with van der Waals surface area (Å²) in [6.45, 7) is 13.2. The number of carbonyl (C=O) groups excluding carboxylic acids is 1. The van der Waals surface area contributed by atoms with Gasteiger partial charge in [0.1, 0.15) is 0 Å². The van der Waals surface area contributed by atoms with E-state index in [0.717, 1.165) is 29.8 Å². The minimum atomic E-state index is -2.76. The third kappa shape index (κ3) is 6.13. The lowest BCUT2D eigenvalue weighted by Crippen LogP contribution is -2.46. The number of aliphatic hydroxyl groups excluding tert-OH is 1. The number of aryl methyl sites for hydroxylation is 1. The van der Waals surface area contributed by atoms with Crippen molar-refractivity contribution in [3.05, 3.63) is 64.0 Å². The fourth-order valence-electron chi connectivity index (χ4n) is 6.37. The molecule has 40 heavy (non-hydrogen) atoms. The average molecular weight is 587 g/mol. The summed E-state index contributed by atoms with van der Waals surface area (Å²) in [4.78, 5) is 27.7. The molecule has 0 radical (unpaired) electrons. The summed E-state index contributed by atoms with van der Waals surface area (Å²) in [5.74, 6) is -0.343. The first-order valence-corrected chi connectivity index (χ1v) is 17.6. The first kappa shape index (κ1) is 30.7. The van der Waals surface area contributed by atoms with Crippen molar-refractivity contribution in [1.29, 1.82) is 0 Å². The summed E-state index contributed by atoms with van der Waals surface area (Å²) >= 11 is 6.49. The van der Waals surface area contributed by atoms with Crippen LogP contribution in [0.15, 0.2) is 47.7 Å². The smallest absolute Gasteiger partial charge is 0.264 e. The van der Waals surface area contributed by atoms with Crippen molar-refractivity contribution in [3.8, 4) is 0 Å². The second-order valence-corrected chi connectivity index (χ2v) is 16.5. The molecule has 4 atom stereocenters. The van der Waals surface area contributed by atoms with Crippen LogP contribution in [0.4, 0.5) is 5.69 Å². The fourth-order valence-corrected chi connectivity index (χ4v) is 9.15. The Morgan fingerprint density at radius 2 is 2.00 bits per heavy atom. The number of benzene rings is 1. The normalized spacial score (nSPS) is 24.7. The maximum atomic E-state index is 14.4. The van der Waals surface area contributed by atoms with Crippen molar-refractivity contribution in [3.63, 3.8) is 0 Å².